The first-order chi connectivity index (χ1) is 10.0. The molecule has 0 radical (unpaired) electrons. The fraction of sp³-hybridized carbons (Fsp3) is 0.625. The van der Waals surface area contributed by atoms with Gasteiger partial charge >= 0.3 is 6.18 Å². The van der Waals surface area contributed by atoms with E-state index in [1.807, 2.05) is 6.92 Å². The van der Waals surface area contributed by atoms with Crippen molar-refractivity contribution in [3.8, 4) is 0 Å². The minimum absolute atomic E-state index is 0.211. The summed E-state index contributed by atoms with van der Waals surface area (Å²) in [5.41, 5.74) is 0.171. The van der Waals surface area contributed by atoms with Crippen molar-refractivity contribution >= 4 is 0 Å². The molecule has 0 spiro atoms. The molecule has 0 saturated carbocycles. The molecule has 0 aliphatic carbocycles. The van der Waals surface area contributed by atoms with Gasteiger partial charge < -0.3 is 10.1 Å². The third-order valence-electron chi connectivity index (χ3n) is 4.01. The number of likely N-dealkylation sites (N-methyl/N-ethyl adjacent to an activating group) is 1. The number of alkyl halides is 3. The summed E-state index contributed by atoms with van der Waals surface area (Å²) in [7, 11) is 0. The SMILES string of the molecule is CCNC(Cc1cccc(C(F)(F)F)c1)C1CCOCC1. The third kappa shape index (κ3) is 4.71. The molecule has 1 saturated heterocycles. The standard InChI is InChI=1S/C16H22F3NO/c1-2-20-15(13-6-8-21-9-7-13)11-12-4-3-5-14(10-12)16(17,18)19/h3-5,10,13,15,20H,2,6-9,11H2,1H3. The summed E-state index contributed by atoms with van der Waals surface area (Å²) in [6, 6.07) is 5.87. The average molecular weight is 301 g/mol. The van der Waals surface area contributed by atoms with Crippen LogP contribution in [-0.4, -0.2) is 25.8 Å². The summed E-state index contributed by atoms with van der Waals surface area (Å²) in [4.78, 5) is 0. The van der Waals surface area contributed by atoms with E-state index in [1.54, 1.807) is 6.07 Å². The average Bonchev–Trinajstić information content (AvgIpc) is 2.47. The van der Waals surface area contributed by atoms with Gasteiger partial charge in [-0.3, -0.25) is 0 Å². The molecule has 5 heteroatoms. The van der Waals surface area contributed by atoms with E-state index in [9.17, 15) is 13.2 Å². The van der Waals surface area contributed by atoms with Gasteiger partial charge in [-0.2, -0.15) is 13.2 Å². The molecule has 1 aliphatic heterocycles. The molecule has 1 N–H and O–H groups in total. The van der Waals surface area contributed by atoms with Crippen molar-refractivity contribution < 1.29 is 17.9 Å². The van der Waals surface area contributed by atoms with Crippen molar-refractivity contribution in [2.45, 2.75) is 38.4 Å². The summed E-state index contributed by atoms with van der Waals surface area (Å²) < 4.78 is 43.7. The Labute approximate surface area is 123 Å². The molecule has 21 heavy (non-hydrogen) atoms. The Hall–Kier alpha value is -1.07. The molecule has 1 aromatic rings. The van der Waals surface area contributed by atoms with Gasteiger partial charge in [0.25, 0.3) is 0 Å². The van der Waals surface area contributed by atoms with Crippen LogP contribution in [0.15, 0.2) is 24.3 Å². The monoisotopic (exact) mass is 301 g/mol. The van der Waals surface area contributed by atoms with Gasteiger partial charge in [0.05, 0.1) is 5.56 Å². The molecule has 1 heterocycles. The Morgan fingerprint density at radius 1 is 1.29 bits per heavy atom. The van der Waals surface area contributed by atoms with Crippen LogP contribution in [0.2, 0.25) is 0 Å². The van der Waals surface area contributed by atoms with Gasteiger partial charge in [-0.25, -0.2) is 0 Å². The van der Waals surface area contributed by atoms with Crippen LogP contribution in [0.25, 0.3) is 0 Å². The number of benzene rings is 1. The van der Waals surface area contributed by atoms with E-state index in [1.165, 1.54) is 12.1 Å². The van der Waals surface area contributed by atoms with Crippen LogP contribution in [0.3, 0.4) is 0 Å². The zero-order valence-electron chi connectivity index (χ0n) is 12.2. The molecule has 1 aromatic carbocycles. The third-order valence-corrected chi connectivity index (χ3v) is 4.01. The topological polar surface area (TPSA) is 21.3 Å². The molecular weight excluding hydrogens is 279 g/mol. The number of rotatable bonds is 5. The molecule has 118 valence electrons. The maximum Gasteiger partial charge on any atom is 0.416 e. The second kappa shape index (κ2) is 7.27. The zero-order chi connectivity index (χ0) is 15.3. The van der Waals surface area contributed by atoms with E-state index < -0.39 is 11.7 Å². The molecule has 1 fully saturated rings. The van der Waals surface area contributed by atoms with Crippen LogP contribution in [0.5, 0.6) is 0 Å². The summed E-state index contributed by atoms with van der Waals surface area (Å²) in [6.07, 6.45) is -1.71. The van der Waals surface area contributed by atoms with E-state index in [2.05, 4.69) is 5.32 Å². The van der Waals surface area contributed by atoms with E-state index >= 15 is 0 Å². The van der Waals surface area contributed by atoms with E-state index in [4.69, 9.17) is 4.74 Å². The van der Waals surface area contributed by atoms with Gasteiger partial charge in [0.15, 0.2) is 0 Å². The minimum Gasteiger partial charge on any atom is -0.381 e. The van der Waals surface area contributed by atoms with Crippen molar-refractivity contribution in [3.63, 3.8) is 0 Å². The van der Waals surface area contributed by atoms with Crippen LogP contribution in [0, 0.1) is 5.92 Å². The molecule has 0 amide bonds. The molecular formula is C16H22F3NO. The van der Waals surface area contributed by atoms with Crippen molar-refractivity contribution in [3.05, 3.63) is 35.4 Å². The van der Waals surface area contributed by atoms with Gasteiger partial charge in [0, 0.05) is 19.3 Å². The van der Waals surface area contributed by atoms with E-state index in [0.717, 1.165) is 44.2 Å². The Morgan fingerprint density at radius 2 is 2.00 bits per heavy atom. The second-order valence-corrected chi connectivity index (χ2v) is 5.52. The molecule has 1 atom stereocenters. The summed E-state index contributed by atoms with van der Waals surface area (Å²) in [6.45, 7) is 4.34. The van der Waals surface area contributed by atoms with Crippen LogP contribution in [0.1, 0.15) is 30.9 Å². The van der Waals surface area contributed by atoms with Crippen molar-refractivity contribution in [2.75, 3.05) is 19.8 Å². The lowest BCUT2D eigenvalue weighted by Gasteiger charge is -2.31. The predicted octanol–water partition coefficient (Wildman–Crippen LogP) is 3.65. The van der Waals surface area contributed by atoms with E-state index in [-0.39, 0.29) is 6.04 Å². The highest BCUT2D eigenvalue weighted by Crippen LogP contribution is 2.30. The molecule has 1 aliphatic rings. The Kier molecular flexibility index (Phi) is 5.65. The highest BCUT2D eigenvalue weighted by molar-refractivity contribution is 5.26. The Bertz CT molecular complexity index is 441. The first-order valence-electron chi connectivity index (χ1n) is 7.48. The first kappa shape index (κ1) is 16.3. The first-order valence-corrected chi connectivity index (χ1v) is 7.48. The highest BCUT2D eigenvalue weighted by Gasteiger charge is 2.31. The lowest BCUT2D eigenvalue weighted by Crippen LogP contribution is -2.40. The Balaban J connectivity index is 2.09. The van der Waals surface area contributed by atoms with Gasteiger partial charge in [-0.1, -0.05) is 25.1 Å². The van der Waals surface area contributed by atoms with Gasteiger partial charge in [-0.15, -0.1) is 0 Å². The molecule has 2 nitrogen and oxygen atoms in total. The van der Waals surface area contributed by atoms with Crippen molar-refractivity contribution in [1.82, 2.24) is 5.32 Å². The largest absolute Gasteiger partial charge is 0.416 e. The van der Waals surface area contributed by atoms with Gasteiger partial charge in [0.2, 0.25) is 0 Å². The Morgan fingerprint density at radius 3 is 2.62 bits per heavy atom. The lowest BCUT2D eigenvalue weighted by atomic mass is 9.87. The van der Waals surface area contributed by atoms with Crippen LogP contribution in [-0.2, 0) is 17.3 Å². The van der Waals surface area contributed by atoms with Crippen LogP contribution >= 0.6 is 0 Å². The molecule has 1 unspecified atom stereocenters. The smallest absolute Gasteiger partial charge is 0.381 e. The normalized spacial score (nSPS) is 18.7. The number of nitrogens with one attached hydrogen (secondary N) is 1. The number of ether oxygens (including phenoxy) is 1. The number of halogens is 3. The zero-order valence-corrected chi connectivity index (χ0v) is 12.2. The van der Waals surface area contributed by atoms with Crippen molar-refractivity contribution in [1.29, 1.82) is 0 Å². The fourth-order valence-electron chi connectivity index (χ4n) is 2.91. The fourth-order valence-corrected chi connectivity index (χ4v) is 2.91. The van der Waals surface area contributed by atoms with E-state index in [0.29, 0.717) is 12.3 Å². The highest BCUT2D eigenvalue weighted by atomic mass is 19.4. The quantitative estimate of drug-likeness (QED) is 0.896. The predicted molar refractivity (Wildman–Crippen MR) is 76.2 cm³/mol. The molecule has 2 rings (SSSR count). The summed E-state index contributed by atoms with van der Waals surface area (Å²) in [5.74, 6) is 0.466. The molecule has 0 aromatic heterocycles. The lowest BCUT2D eigenvalue weighted by molar-refractivity contribution is -0.137. The maximum absolute atomic E-state index is 12.8. The van der Waals surface area contributed by atoms with Crippen molar-refractivity contribution in [2.24, 2.45) is 5.92 Å². The summed E-state index contributed by atoms with van der Waals surface area (Å²) >= 11 is 0. The van der Waals surface area contributed by atoms with Gasteiger partial charge in [-0.05, 0) is 43.4 Å². The van der Waals surface area contributed by atoms with Gasteiger partial charge in [0.1, 0.15) is 0 Å². The molecule has 0 bridgehead atoms. The van der Waals surface area contributed by atoms with Crippen LogP contribution in [0.4, 0.5) is 13.2 Å². The number of hydrogen-bond acceptors (Lipinski definition) is 2. The van der Waals surface area contributed by atoms with Crippen LogP contribution < -0.4 is 5.32 Å². The minimum atomic E-state index is -4.28. The summed E-state index contributed by atoms with van der Waals surface area (Å²) in [5, 5.41) is 3.42. The maximum atomic E-state index is 12.8. The number of hydrogen-bond donors (Lipinski definition) is 1. The second-order valence-electron chi connectivity index (χ2n) is 5.52.